The summed E-state index contributed by atoms with van der Waals surface area (Å²) in [5.41, 5.74) is 6.75. The van der Waals surface area contributed by atoms with Crippen LogP contribution in [-0.4, -0.2) is 34.7 Å². The first-order valence-electron chi connectivity index (χ1n) is 6.15. The molecule has 0 aliphatic rings. The highest BCUT2D eigenvalue weighted by Gasteiger charge is 2.17. The molecule has 1 aromatic rings. The monoisotopic (exact) mass is 287 g/mol. The van der Waals surface area contributed by atoms with Crippen molar-refractivity contribution in [2.24, 2.45) is 5.14 Å². The number of ether oxygens (including phenoxy) is 1. The molecule has 0 unspecified atom stereocenters. The molecule has 0 bridgehead atoms. The Bertz CT molecular complexity index is 517. The highest BCUT2D eigenvalue weighted by atomic mass is 32.2. The van der Waals surface area contributed by atoms with Crippen LogP contribution in [0.4, 0.5) is 11.4 Å². The summed E-state index contributed by atoms with van der Waals surface area (Å²) in [6.45, 7) is 6.43. The minimum atomic E-state index is -3.81. The van der Waals surface area contributed by atoms with Gasteiger partial charge in [-0.1, -0.05) is 6.07 Å². The lowest BCUT2D eigenvalue weighted by Crippen LogP contribution is -2.28. The van der Waals surface area contributed by atoms with Gasteiger partial charge in [-0.3, -0.25) is 0 Å². The Hall–Kier alpha value is -1.31. The highest BCUT2D eigenvalue weighted by molar-refractivity contribution is 7.89. The lowest BCUT2D eigenvalue weighted by molar-refractivity contribution is 0.154. The van der Waals surface area contributed by atoms with E-state index in [4.69, 9.17) is 15.6 Å². The topological polar surface area (TPSA) is 98.6 Å². The summed E-state index contributed by atoms with van der Waals surface area (Å²) in [4.78, 5) is 1.92. The minimum absolute atomic E-state index is 0.0418. The number of nitrogens with zero attached hydrogens (tertiary/aromatic N) is 1. The van der Waals surface area contributed by atoms with E-state index in [-0.39, 0.29) is 10.6 Å². The van der Waals surface area contributed by atoms with Crippen LogP contribution in [0.25, 0.3) is 0 Å². The zero-order chi connectivity index (χ0) is 14.5. The minimum Gasteiger partial charge on any atom is -0.396 e. The van der Waals surface area contributed by atoms with Crippen molar-refractivity contribution in [2.75, 3.05) is 36.9 Å². The first-order chi connectivity index (χ1) is 8.91. The molecule has 0 atom stereocenters. The van der Waals surface area contributed by atoms with E-state index in [0.29, 0.717) is 32.0 Å². The number of nitrogen functional groups attached to an aromatic ring is 1. The van der Waals surface area contributed by atoms with Crippen LogP contribution in [0.1, 0.15) is 13.8 Å². The summed E-state index contributed by atoms with van der Waals surface area (Å²) in [6, 6.07) is 4.82. The van der Waals surface area contributed by atoms with Crippen molar-refractivity contribution in [3.8, 4) is 0 Å². The number of rotatable bonds is 7. The van der Waals surface area contributed by atoms with Gasteiger partial charge in [-0.05, 0) is 26.0 Å². The van der Waals surface area contributed by atoms with Crippen molar-refractivity contribution >= 4 is 21.4 Å². The average Bonchev–Trinajstić information content (AvgIpc) is 2.34. The van der Waals surface area contributed by atoms with Crippen molar-refractivity contribution in [2.45, 2.75) is 18.7 Å². The van der Waals surface area contributed by atoms with Crippen LogP contribution in [0.2, 0.25) is 0 Å². The number of primary sulfonamides is 1. The van der Waals surface area contributed by atoms with E-state index < -0.39 is 10.0 Å². The van der Waals surface area contributed by atoms with Gasteiger partial charge in [-0.2, -0.15) is 0 Å². The van der Waals surface area contributed by atoms with E-state index >= 15 is 0 Å². The molecular formula is C12H21N3O3S. The molecule has 0 saturated carbocycles. The number of hydrogen-bond donors (Lipinski definition) is 2. The van der Waals surface area contributed by atoms with Gasteiger partial charge in [0.15, 0.2) is 0 Å². The summed E-state index contributed by atoms with van der Waals surface area (Å²) in [7, 11) is -3.81. The average molecular weight is 287 g/mol. The molecule has 0 aliphatic heterocycles. The summed E-state index contributed by atoms with van der Waals surface area (Å²) in [5.74, 6) is 0. The predicted octanol–water partition coefficient (Wildman–Crippen LogP) is 0.779. The maximum absolute atomic E-state index is 11.4. The van der Waals surface area contributed by atoms with Gasteiger partial charge in [-0.25, -0.2) is 13.6 Å². The standard InChI is InChI=1S/C12H21N3O3S/c1-3-15(8-9-18-4-2)10-6-5-7-11(12(10)13)19(14,16)17/h5-7H,3-4,8-9,13H2,1-2H3,(H2,14,16,17). The Morgan fingerprint density at radius 1 is 1.32 bits per heavy atom. The molecule has 19 heavy (non-hydrogen) atoms. The quantitative estimate of drug-likeness (QED) is 0.570. The summed E-state index contributed by atoms with van der Waals surface area (Å²) >= 11 is 0. The highest BCUT2D eigenvalue weighted by Crippen LogP contribution is 2.28. The van der Waals surface area contributed by atoms with Gasteiger partial charge in [0, 0.05) is 19.7 Å². The fraction of sp³-hybridized carbons (Fsp3) is 0.500. The van der Waals surface area contributed by atoms with Crippen molar-refractivity contribution in [3.05, 3.63) is 18.2 Å². The molecule has 0 radical (unpaired) electrons. The second-order valence-electron chi connectivity index (χ2n) is 4.01. The van der Waals surface area contributed by atoms with Gasteiger partial charge in [0.1, 0.15) is 4.90 Å². The van der Waals surface area contributed by atoms with Gasteiger partial charge in [-0.15, -0.1) is 0 Å². The molecule has 4 N–H and O–H groups in total. The van der Waals surface area contributed by atoms with Gasteiger partial charge in [0.05, 0.1) is 18.0 Å². The summed E-state index contributed by atoms with van der Waals surface area (Å²) < 4.78 is 28.2. The molecule has 0 aromatic heterocycles. The fourth-order valence-electron chi connectivity index (χ4n) is 1.82. The maximum atomic E-state index is 11.4. The second kappa shape index (κ2) is 6.74. The van der Waals surface area contributed by atoms with Gasteiger partial charge in [0.2, 0.25) is 10.0 Å². The van der Waals surface area contributed by atoms with Crippen LogP contribution < -0.4 is 15.8 Å². The molecule has 1 aromatic carbocycles. The van der Waals surface area contributed by atoms with E-state index in [9.17, 15) is 8.42 Å². The molecule has 108 valence electrons. The van der Waals surface area contributed by atoms with E-state index in [0.717, 1.165) is 0 Å². The van der Waals surface area contributed by atoms with Crippen molar-refractivity contribution < 1.29 is 13.2 Å². The largest absolute Gasteiger partial charge is 0.396 e. The molecule has 0 amide bonds. The summed E-state index contributed by atoms with van der Waals surface area (Å²) in [6.07, 6.45) is 0. The van der Waals surface area contributed by atoms with E-state index in [2.05, 4.69) is 0 Å². The zero-order valence-corrected chi connectivity index (χ0v) is 12.1. The molecule has 0 heterocycles. The zero-order valence-electron chi connectivity index (χ0n) is 11.3. The molecule has 0 aliphatic carbocycles. The number of hydrogen-bond acceptors (Lipinski definition) is 5. The van der Waals surface area contributed by atoms with Crippen LogP contribution in [0.15, 0.2) is 23.1 Å². The van der Waals surface area contributed by atoms with E-state index in [1.54, 1.807) is 12.1 Å². The number of benzene rings is 1. The first-order valence-corrected chi connectivity index (χ1v) is 7.70. The van der Waals surface area contributed by atoms with Crippen LogP contribution in [-0.2, 0) is 14.8 Å². The smallest absolute Gasteiger partial charge is 0.240 e. The van der Waals surface area contributed by atoms with Crippen LogP contribution in [0.5, 0.6) is 0 Å². The molecule has 1 rings (SSSR count). The Balaban J connectivity index is 3.05. The third-order valence-electron chi connectivity index (χ3n) is 2.78. The third kappa shape index (κ3) is 4.09. The van der Waals surface area contributed by atoms with Crippen LogP contribution in [0.3, 0.4) is 0 Å². The van der Waals surface area contributed by atoms with E-state index in [1.807, 2.05) is 18.7 Å². The lowest BCUT2D eigenvalue weighted by atomic mass is 10.2. The SMILES string of the molecule is CCOCCN(CC)c1cccc(S(N)(=O)=O)c1N. The first kappa shape index (κ1) is 15.7. The van der Waals surface area contributed by atoms with Gasteiger partial charge >= 0.3 is 0 Å². The Morgan fingerprint density at radius 2 is 2.00 bits per heavy atom. The number of para-hydroxylation sites is 1. The van der Waals surface area contributed by atoms with Gasteiger partial charge in [0.25, 0.3) is 0 Å². The van der Waals surface area contributed by atoms with E-state index in [1.165, 1.54) is 6.07 Å². The number of sulfonamides is 1. The van der Waals surface area contributed by atoms with Gasteiger partial charge < -0.3 is 15.4 Å². The molecule has 0 fully saturated rings. The van der Waals surface area contributed by atoms with Crippen molar-refractivity contribution in [1.29, 1.82) is 0 Å². The van der Waals surface area contributed by atoms with Crippen molar-refractivity contribution in [1.82, 2.24) is 0 Å². The third-order valence-corrected chi connectivity index (χ3v) is 3.75. The van der Waals surface area contributed by atoms with Crippen molar-refractivity contribution in [3.63, 3.8) is 0 Å². The Kier molecular flexibility index (Phi) is 5.59. The maximum Gasteiger partial charge on any atom is 0.240 e. The Morgan fingerprint density at radius 3 is 2.53 bits per heavy atom. The number of nitrogens with two attached hydrogens (primary N) is 2. The van der Waals surface area contributed by atoms with Crippen LogP contribution in [0, 0.1) is 0 Å². The lowest BCUT2D eigenvalue weighted by Gasteiger charge is -2.25. The normalized spacial score (nSPS) is 11.5. The predicted molar refractivity (Wildman–Crippen MR) is 76.6 cm³/mol. The molecule has 6 nitrogen and oxygen atoms in total. The molecular weight excluding hydrogens is 266 g/mol. The Labute approximate surface area is 114 Å². The molecule has 0 saturated heterocycles. The number of anilines is 2. The number of likely N-dealkylation sites (N-methyl/N-ethyl adjacent to an activating group) is 1. The molecule has 0 spiro atoms. The fourth-order valence-corrected chi connectivity index (χ4v) is 2.50. The second-order valence-corrected chi connectivity index (χ2v) is 5.54. The molecule has 7 heteroatoms. The van der Waals surface area contributed by atoms with Crippen LogP contribution >= 0.6 is 0 Å². The summed E-state index contributed by atoms with van der Waals surface area (Å²) in [5, 5.41) is 5.14.